The number of nitrogens with one attached hydrogen (secondary N) is 1. The molecule has 1 saturated carbocycles. The molecule has 18 heavy (non-hydrogen) atoms. The van der Waals surface area contributed by atoms with Crippen molar-refractivity contribution in [3.63, 3.8) is 0 Å². The molecule has 0 unspecified atom stereocenters. The van der Waals surface area contributed by atoms with Crippen LogP contribution in [0.4, 0.5) is 0 Å². The Hall–Kier alpha value is -0.760. The Morgan fingerprint density at radius 3 is 2.39 bits per heavy atom. The normalized spacial score (nSPS) is 24.4. The van der Waals surface area contributed by atoms with Crippen molar-refractivity contribution in [1.82, 2.24) is 9.88 Å². The van der Waals surface area contributed by atoms with Crippen LogP contribution in [0.5, 0.6) is 0 Å². The van der Waals surface area contributed by atoms with Gasteiger partial charge in [0.2, 0.25) is 0 Å². The van der Waals surface area contributed by atoms with Gasteiger partial charge < -0.3 is 9.88 Å². The molecule has 1 heterocycles. The van der Waals surface area contributed by atoms with Crippen molar-refractivity contribution in [1.29, 1.82) is 0 Å². The van der Waals surface area contributed by atoms with Gasteiger partial charge in [-0.3, -0.25) is 0 Å². The van der Waals surface area contributed by atoms with Gasteiger partial charge in [0.05, 0.1) is 0 Å². The molecule has 2 rings (SSSR count). The van der Waals surface area contributed by atoms with E-state index < -0.39 is 0 Å². The van der Waals surface area contributed by atoms with Gasteiger partial charge in [0.15, 0.2) is 0 Å². The zero-order valence-electron chi connectivity index (χ0n) is 12.4. The van der Waals surface area contributed by atoms with Crippen LogP contribution in [0.3, 0.4) is 0 Å². The largest absolute Gasteiger partial charge is 0.352 e. The molecule has 0 spiro atoms. The van der Waals surface area contributed by atoms with Crippen molar-refractivity contribution in [2.24, 2.45) is 13.0 Å². The maximum absolute atomic E-state index is 3.75. The van der Waals surface area contributed by atoms with Crippen LogP contribution in [0.1, 0.15) is 56.0 Å². The van der Waals surface area contributed by atoms with Crippen molar-refractivity contribution in [2.45, 2.75) is 65.5 Å². The summed E-state index contributed by atoms with van der Waals surface area (Å²) in [7, 11) is 2.15. The third kappa shape index (κ3) is 2.97. The maximum Gasteiger partial charge on any atom is 0.0225 e. The standard InChI is InChI=1S/C16H28N2/c1-5-14-6-8-16(9-7-14)17-11-15-10-12(2)18(4)13(15)3/h10,14,16-17H,5-9,11H2,1-4H3. The maximum atomic E-state index is 3.75. The van der Waals surface area contributed by atoms with Crippen molar-refractivity contribution >= 4 is 0 Å². The van der Waals surface area contributed by atoms with Crippen LogP contribution < -0.4 is 5.32 Å². The molecule has 0 aromatic carbocycles. The van der Waals surface area contributed by atoms with Gasteiger partial charge in [-0.1, -0.05) is 13.3 Å². The lowest BCUT2D eigenvalue weighted by atomic mass is 9.84. The molecule has 0 radical (unpaired) electrons. The van der Waals surface area contributed by atoms with Crippen LogP contribution >= 0.6 is 0 Å². The average molecular weight is 248 g/mol. The van der Waals surface area contributed by atoms with E-state index in [1.54, 1.807) is 0 Å². The summed E-state index contributed by atoms with van der Waals surface area (Å²) in [4.78, 5) is 0. The lowest BCUT2D eigenvalue weighted by Gasteiger charge is -2.28. The van der Waals surface area contributed by atoms with E-state index >= 15 is 0 Å². The minimum absolute atomic E-state index is 0.743. The van der Waals surface area contributed by atoms with Crippen LogP contribution in [0.15, 0.2) is 6.07 Å². The zero-order valence-corrected chi connectivity index (χ0v) is 12.4. The molecular weight excluding hydrogens is 220 g/mol. The summed E-state index contributed by atoms with van der Waals surface area (Å²) in [6.07, 6.45) is 6.93. The second kappa shape index (κ2) is 5.92. The van der Waals surface area contributed by atoms with E-state index in [-0.39, 0.29) is 0 Å². The lowest BCUT2D eigenvalue weighted by molar-refractivity contribution is 0.285. The van der Waals surface area contributed by atoms with Gasteiger partial charge in [0.1, 0.15) is 0 Å². The fourth-order valence-electron chi connectivity index (χ4n) is 3.14. The van der Waals surface area contributed by atoms with E-state index in [0.29, 0.717) is 0 Å². The molecule has 0 aliphatic heterocycles. The highest BCUT2D eigenvalue weighted by atomic mass is 15.0. The van der Waals surface area contributed by atoms with Crippen LogP contribution in [0.2, 0.25) is 0 Å². The summed E-state index contributed by atoms with van der Waals surface area (Å²) >= 11 is 0. The molecule has 2 heteroatoms. The van der Waals surface area contributed by atoms with Gasteiger partial charge in [0, 0.05) is 31.0 Å². The molecule has 1 fully saturated rings. The summed E-state index contributed by atoms with van der Waals surface area (Å²) in [5, 5.41) is 3.75. The smallest absolute Gasteiger partial charge is 0.0225 e. The van der Waals surface area contributed by atoms with E-state index in [1.807, 2.05) is 0 Å². The van der Waals surface area contributed by atoms with E-state index in [1.165, 1.54) is 49.1 Å². The lowest BCUT2D eigenvalue weighted by Crippen LogP contribution is -2.32. The van der Waals surface area contributed by atoms with E-state index in [9.17, 15) is 0 Å². The summed E-state index contributed by atoms with van der Waals surface area (Å²) < 4.78 is 2.28. The quantitative estimate of drug-likeness (QED) is 0.859. The first-order valence-corrected chi connectivity index (χ1v) is 7.47. The fourth-order valence-corrected chi connectivity index (χ4v) is 3.14. The number of aryl methyl sites for hydroxylation is 1. The predicted octanol–water partition coefficient (Wildman–Crippen LogP) is 3.70. The Kier molecular flexibility index (Phi) is 4.50. The molecule has 1 aromatic rings. The van der Waals surface area contributed by atoms with Gasteiger partial charge in [-0.05, 0) is 57.1 Å². The topological polar surface area (TPSA) is 17.0 Å². The Bertz CT molecular complexity index is 384. The summed E-state index contributed by atoms with van der Waals surface area (Å²) in [5.41, 5.74) is 4.23. The number of nitrogens with zero attached hydrogens (tertiary/aromatic N) is 1. The predicted molar refractivity (Wildman–Crippen MR) is 77.8 cm³/mol. The number of hydrogen-bond donors (Lipinski definition) is 1. The first kappa shape index (κ1) is 13.7. The van der Waals surface area contributed by atoms with Crippen LogP contribution in [-0.2, 0) is 13.6 Å². The highest BCUT2D eigenvalue weighted by molar-refractivity contribution is 5.26. The number of aromatic nitrogens is 1. The van der Waals surface area contributed by atoms with Crippen LogP contribution in [-0.4, -0.2) is 10.6 Å². The first-order valence-electron chi connectivity index (χ1n) is 7.47. The Labute approximate surface area is 112 Å². The van der Waals surface area contributed by atoms with Gasteiger partial charge in [-0.2, -0.15) is 0 Å². The summed E-state index contributed by atoms with van der Waals surface area (Å²) in [6.45, 7) is 7.77. The molecule has 2 nitrogen and oxygen atoms in total. The second-order valence-corrected chi connectivity index (χ2v) is 5.96. The van der Waals surface area contributed by atoms with Crippen molar-refractivity contribution in [3.05, 3.63) is 23.0 Å². The summed E-state index contributed by atoms with van der Waals surface area (Å²) in [5.74, 6) is 0.990. The van der Waals surface area contributed by atoms with E-state index in [4.69, 9.17) is 0 Å². The SMILES string of the molecule is CCC1CCC(NCc2cc(C)n(C)c2C)CC1. The van der Waals surface area contributed by atoms with E-state index in [2.05, 4.69) is 43.8 Å². The molecule has 0 atom stereocenters. The second-order valence-electron chi connectivity index (χ2n) is 5.96. The minimum Gasteiger partial charge on any atom is -0.352 e. The van der Waals surface area contributed by atoms with Gasteiger partial charge in [0.25, 0.3) is 0 Å². The molecule has 0 bridgehead atoms. The Morgan fingerprint density at radius 2 is 1.89 bits per heavy atom. The molecule has 1 aliphatic rings. The molecule has 0 saturated heterocycles. The third-order valence-electron chi connectivity index (χ3n) is 4.89. The first-order chi connectivity index (χ1) is 8.61. The third-order valence-corrected chi connectivity index (χ3v) is 4.89. The zero-order chi connectivity index (χ0) is 13.1. The van der Waals surface area contributed by atoms with Gasteiger partial charge >= 0.3 is 0 Å². The van der Waals surface area contributed by atoms with Crippen molar-refractivity contribution in [3.8, 4) is 0 Å². The average Bonchev–Trinajstić information content (AvgIpc) is 2.64. The highest BCUT2D eigenvalue weighted by Crippen LogP contribution is 2.26. The number of hydrogen-bond acceptors (Lipinski definition) is 1. The van der Waals surface area contributed by atoms with Crippen molar-refractivity contribution < 1.29 is 0 Å². The highest BCUT2D eigenvalue weighted by Gasteiger charge is 2.19. The minimum atomic E-state index is 0.743. The van der Waals surface area contributed by atoms with Crippen LogP contribution in [0, 0.1) is 19.8 Å². The molecular formula is C16H28N2. The van der Waals surface area contributed by atoms with Gasteiger partial charge in [-0.25, -0.2) is 0 Å². The van der Waals surface area contributed by atoms with Crippen LogP contribution in [0.25, 0.3) is 0 Å². The molecule has 0 amide bonds. The molecule has 1 N–H and O–H groups in total. The molecule has 1 aromatic heterocycles. The van der Waals surface area contributed by atoms with E-state index in [0.717, 1.165) is 18.5 Å². The Morgan fingerprint density at radius 1 is 1.22 bits per heavy atom. The number of rotatable bonds is 4. The summed E-state index contributed by atoms with van der Waals surface area (Å²) in [6, 6.07) is 3.06. The Balaban J connectivity index is 1.83. The molecule has 102 valence electrons. The van der Waals surface area contributed by atoms with Gasteiger partial charge in [-0.15, -0.1) is 0 Å². The van der Waals surface area contributed by atoms with Crippen molar-refractivity contribution in [2.75, 3.05) is 0 Å². The monoisotopic (exact) mass is 248 g/mol. The molecule has 1 aliphatic carbocycles. The fraction of sp³-hybridized carbons (Fsp3) is 0.750.